The summed E-state index contributed by atoms with van der Waals surface area (Å²) in [5.74, 6) is -1.40. The molecule has 0 spiro atoms. The molecule has 2 atom stereocenters. The van der Waals surface area contributed by atoms with Gasteiger partial charge in [-0.15, -0.1) is 0 Å². The van der Waals surface area contributed by atoms with Crippen molar-refractivity contribution in [3.05, 3.63) is 54.2 Å². The second kappa shape index (κ2) is 6.86. The van der Waals surface area contributed by atoms with Gasteiger partial charge in [0, 0.05) is 28.3 Å². The first-order valence-corrected chi connectivity index (χ1v) is 10.1. The average Bonchev–Trinajstić information content (AvgIpc) is 3.21. The number of benzene rings is 1. The number of carbonyl (C=O) groups is 1. The smallest absolute Gasteiger partial charge is 0.231 e. The summed E-state index contributed by atoms with van der Waals surface area (Å²) < 4.78 is 35.2. The Labute approximate surface area is 183 Å². The van der Waals surface area contributed by atoms with Gasteiger partial charge in [-0.3, -0.25) is 14.9 Å². The number of alkyl halides is 1. The highest BCUT2D eigenvalue weighted by atomic mass is 35.5. The Hall–Kier alpha value is -3.79. The van der Waals surface area contributed by atoms with Gasteiger partial charge in [0.15, 0.2) is 17.3 Å². The molecule has 1 amide bonds. The second-order valence-electron chi connectivity index (χ2n) is 7.56. The Balaban J connectivity index is 1.45. The Kier molecular flexibility index (Phi) is 4.06. The lowest BCUT2D eigenvalue weighted by molar-refractivity contribution is -0.117. The molecule has 4 aromatic heterocycles. The summed E-state index contributed by atoms with van der Waals surface area (Å²) in [5, 5.41) is 9.95. The first-order valence-electron chi connectivity index (χ1n) is 9.68. The highest BCUT2D eigenvalue weighted by Crippen LogP contribution is 2.42. The summed E-state index contributed by atoms with van der Waals surface area (Å²) in [5.41, 5.74) is 2.42. The number of hydrogen-bond donors (Lipinski definition) is 2. The van der Waals surface area contributed by atoms with E-state index in [0.717, 1.165) is 0 Å². The topological polar surface area (TPSA) is 101 Å². The number of halogens is 3. The zero-order valence-electron chi connectivity index (χ0n) is 16.1. The molecule has 1 aliphatic carbocycles. The lowest BCUT2D eigenvalue weighted by Crippen LogP contribution is -2.15. The van der Waals surface area contributed by atoms with E-state index in [9.17, 15) is 9.18 Å². The fourth-order valence-electron chi connectivity index (χ4n) is 3.78. The van der Waals surface area contributed by atoms with Gasteiger partial charge in [0.05, 0.1) is 53.3 Å². The molecule has 5 aromatic rings. The number of nitrogens with zero attached hydrogens (tertiary/aromatic N) is 4. The Morgan fingerprint density at radius 1 is 1.31 bits per heavy atom. The number of rotatable bonds is 4. The molecule has 2 unspecified atom stereocenters. The molecule has 6 rings (SSSR count). The predicted octanol–water partition coefficient (Wildman–Crippen LogP) is 4.62. The van der Waals surface area contributed by atoms with Gasteiger partial charge in [-0.1, -0.05) is 11.6 Å². The number of hydrogen-bond acceptors (Lipinski definition) is 5. The number of fused-ring (bicyclic) bond motifs is 2. The van der Waals surface area contributed by atoms with Crippen molar-refractivity contribution < 1.29 is 18.0 Å². The number of nitrogens with one attached hydrogen (secondary N) is 2. The van der Waals surface area contributed by atoms with Gasteiger partial charge in [0.1, 0.15) is 6.17 Å². The number of imidazole rings is 1. The lowest BCUT2D eigenvalue weighted by atomic mass is 9.99. The third-order valence-electron chi connectivity index (χ3n) is 5.50. The highest BCUT2D eigenvalue weighted by Gasteiger charge is 2.43. The fraction of sp³-hybridized carbons (Fsp3) is 0.143. The van der Waals surface area contributed by atoms with Crippen LogP contribution in [0.4, 0.5) is 14.6 Å². The third-order valence-corrected chi connectivity index (χ3v) is 5.85. The molecule has 1 aromatic carbocycles. The summed E-state index contributed by atoms with van der Waals surface area (Å²) in [7, 11) is 0. The van der Waals surface area contributed by atoms with E-state index in [1.165, 1.54) is 18.7 Å². The molecule has 8 nitrogen and oxygen atoms in total. The quantitative estimate of drug-likeness (QED) is 0.412. The van der Waals surface area contributed by atoms with Crippen LogP contribution in [0.2, 0.25) is 5.02 Å². The van der Waals surface area contributed by atoms with E-state index in [2.05, 4.69) is 25.5 Å². The monoisotopic (exact) mass is 454 g/mol. The minimum atomic E-state index is -1.10. The summed E-state index contributed by atoms with van der Waals surface area (Å²) in [6, 6.07) is 1.63. The van der Waals surface area contributed by atoms with Gasteiger partial charge in [-0.2, -0.15) is 5.10 Å². The van der Waals surface area contributed by atoms with Crippen molar-refractivity contribution in [2.75, 3.05) is 5.32 Å². The van der Waals surface area contributed by atoms with Crippen LogP contribution in [0.3, 0.4) is 0 Å². The molecule has 0 radical (unpaired) electrons. The fourth-order valence-corrected chi connectivity index (χ4v) is 4.08. The molecule has 11 heteroatoms. The van der Waals surface area contributed by atoms with Crippen molar-refractivity contribution in [3.8, 4) is 22.4 Å². The first kappa shape index (κ1) is 18.9. The molecule has 32 heavy (non-hydrogen) atoms. The van der Waals surface area contributed by atoms with Crippen molar-refractivity contribution in [2.24, 2.45) is 5.92 Å². The summed E-state index contributed by atoms with van der Waals surface area (Å²) >= 11 is 6.46. The normalized spacial score (nSPS) is 17.8. The van der Waals surface area contributed by atoms with Crippen molar-refractivity contribution in [1.29, 1.82) is 0 Å². The maximum Gasteiger partial charge on any atom is 0.231 e. The molecule has 160 valence electrons. The van der Waals surface area contributed by atoms with Crippen LogP contribution in [-0.4, -0.2) is 36.6 Å². The SMILES string of the molecule is O=C(Nc1cn2cc(-c3c(Cl)c(F)c(-c4ccoc4)c4[nH]ncc34)ncc2n1)C1CC1F. The molecular weight excluding hydrogens is 442 g/mol. The summed E-state index contributed by atoms with van der Waals surface area (Å²) in [4.78, 5) is 20.6. The molecule has 1 aliphatic rings. The van der Waals surface area contributed by atoms with Crippen molar-refractivity contribution >= 4 is 39.9 Å². The highest BCUT2D eigenvalue weighted by molar-refractivity contribution is 6.36. The van der Waals surface area contributed by atoms with Gasteiger partial charge in [0.2, 0.25) is 5.91 Å². The largest absolute Gasteiger partial charge is 0.472 e. The van der Waals surface area contributed by atoms with E-state index < -0.39 is 23.8 Å². The molecule has 0 saturated heterocycles. The van der Waals surface area contributed by atoms with Crippen LogP contribution in [0, 0.1) is 11.7 Å². The van der Waals surface area contributed by atoms with Gasteiger partial charge in [0.25, 0.3) is 0 Å². The Bertz CT molecular complexity index is 1510. The molecule has 0 bridgehead atoms. The zero-order valence-corrected chi connectivity index (χ0v) is 16.9. The molecule has 1 saturated carbocycles. The van der Waals surface area contributed by atoms with Gasteiger partial charge in [-0.05, 0) is 12.5 Å². The Morgan fingerprint density at radius 3 is 2.91 bits per heavy atom. The number of anilines is 1. The standard InChI is InChI=1S/C21H13ClF2N6O2/c22-18-17(11-4-26-29-20(11)16(19(18)24)9-1-2-32-8-9)13-6-30-7-14(27-15(30)5-25-13)28-21(31)10-3-12(10)23/h1-2,4-8,10,12H,3H2,(H,26,29)(H,28,31). The van der Waals surface area contributed by atoms with Crippen LogP contribution in [-0.2, 0) is 4.79 Å². The van der Waals surface area contributed by atoms with E-state index >= 15 is 4.39 Å². The number of aromatic amines is 1. The zero-order chi connectivity index (χ0) is 22.0. The number of carbonyl (C=O) groups excluding carboxylic acids is 1. The van der Waals surface area contributed by atoms with Crippen molar-refractivity contribution in [3.63, 3.8) is 0 Å². The van der Waals surface area contributed by atoms with Gasteiger partial charge < -0.3 is 14.1 Å². The number of furan rings is 1. The molecule has 1 fully saturated rings. The first-order chi connectivity index (χ1) is 15.5. The van der Waals surface area contributed by atoms with E-state index in [4.69, 9.17) is 16.0 Å². The van der Waals surface area contributed by atoms with Crippen molar-refractivity contribution in [2.45, 2.75) is 12.6 Å². The number of H-pyrrole nitrogens is 1. The molecule has 4 heterocycles. The van der Waals surface area contributed by atoms with Crippen LogP contribution in [0.25, 0.3) is 38.9 Å². The van der Waals surface area contributed by atoms with E-state index in [1.807, 2.05) is 0 Å². The Morgan fingerprint density at radius 2 is 2.16 bits per heavy atom. The average molecular weight is 455 g/mol. The van der Waals surface area contributed by atoms with Crippen molar-refractivity contribution in [1.82, 2.24) is 24.6 Å². The minimum absolute atomic E-state index is 0.113. The van der Waals surface area contributed by atoms with E-state index in [0.29, 0.717) is 33.4 Å². The number of amides is 1. The molecular formula is C21H13ClF2N6O2. The lowest BCUT2D eigenvalue weighted by Gasteiger charge is -2.11. The minimum Gasteiger partial charge on any atom is -0.472 e. The second-order valence-corrected chi connectivity index (χ2v) is 7.94. The number of aromatic nitrogens is 5. The van der Waals surface area contributed by atoms with Crippen LogP contribution in [0.15, 0.2) is 47.8 Å². The van der Waals surface area contributed by atoms with Gasteiger partial charge >= 0.3 is 0 Å². The summed E-state index contributed by atoms with van der Waals surface area (Å²) in [6.45, 7) is 0. The third kappa shape index (κ3) is 2.87. The van der Waals surface area contributed by atoms with E-state index in [1.54, 1.807) is 29.1 Å². The van der Waals surface area contributed by atoms with Gasteiger partial charge in [-0.25, -0.2) is 13.8 Å². The predicted molar refractivity (Wildman–Crippen MR) is 112 cm³/mol. The summed E-state index contributed by atoms with van der Waals surface area (Å²) in [6.07, 6.45) is 8.22. The van der Waals surface area contributed by atoms with Crippen LogP contribution >= 0.6 is 11.6 Å². The molecule has 0 aliphatic heterocycles. The van der Waals surface area contributed by atoms with Crippen LogP contribution in [0.5, 0.6) is 0 Å². The van der Waals surface area contributed by atoms with Crippen LogP contribution in [0.1, 0.15) is 6.42 Å². The maximum absolute atomic E-state index is 15.3. The van der Waals surface area contributed by atoms with E-state index in [-0.39, 0.29) is 22.8 Å². The molecule has 2 N–H and O–H groups in total. The maximum atomic E-state index is 15.3. The van der Waals surface area contributed by atoms with Crippen LogP contribution < -0.4 is 5.32 Å².